The summed E-state index contributed by atoms with van der Waals surface area (Å²) >= 11 is 12.4. The van der Waals surface area contributed by atoms with Crippen molar-refractivity contribution in [3.05, 3.63) is 129 Å². The Balaban J connectivity index is 0.000000209. The molecule has 4 atom stereocenters. The molecule has 4 aromatic rings. The number of benzene rings is 4. The van der Waals surface area contributed by atoms with E-state index in [1.165, 1.54) is 57.6 Å². The Kier molecular flexibility index (Phi) is 17.1. The van der Waals surface area contributed by atoms with Gasteiger partial charge in [0.25, 0.3) is 0 Å². The zero-order chi connectivity index (χ0) is 50.4. The van der Waals surface area contributed by atoms with Crippen molar-refractivity contribution in [3.63, 3.8) is 0 Å². The Hall–Kier alpha value is -5.31. The molecule has 20 heteroatoms. The first-order valence-electron chi connectivity index (χ1n) is 22.8. The van der Waals surface area contributed by atoms with Crippen molar-refractivity contribution in [2.75, 3.05) is 105 Å². The molecular weight excluding hydrogens is 964 g/mol. The van der Waals surface area contributed by atoms with Crippen molar-refractivity contribution in [1.29, 1.82) is 0 Å². The predicted molar refractivity (Wildman–Crippen MR) is 272 cm³/mol. The van der Waals surface area contributed by atoms with Crippen molar-refractivity contribution in [3.8, 4) is 11.5 Å². The minimum Gasteiger partial charge on any atom is -0.495 e. The average Bonchev–Trinajstić information content (AvgIpc) is 3.29. The molecule has 4 aliphatic heterocycles. The highest BCUT2D eigenvalue weighted by Gasteiger charge is 2.42. The molecule has 376 valence electrons. The van der Waals surface area contributed by atoms with Gasteiger partial charge in [0.15, 0.2) is 0 Å². The van der Waals surface area contributed by atoms with E-state index in [0.29, 0.717) is 53.0 Å². The number of carbonyl (C=O) groups is 2. The maximum Gasteiger partial charge on any atom is 0.301 e. The molecule has 0 radical (unpaired) electrons. The third kappa shape index (κ3) is 13.0. The van der Waals surface area contributed by atoms with E-state index in [1.807, 2.05) is 21.9 Å². The second-order valence-electron chi connectivity index (χ2n) is 18.4. The van der Waals surface area contributed by atoms with E-state index in [9.17, 15) is 26.8 Å². The van der Waals surface area contributed by atoms with Gasteiger partial charge in [-0.1, -0.05) is 47.5 Å². The zero-order valence-corrected chi connectivity index (χ0v) is 42.5. The molecule has 4 unspecified atom stereocenters. The highest BCUT2D eigenvalue weighted by atomic mass is 35.5. The monoisotopic (exact) mass is 1020 g/mol. The van der Waals surface area contributed by atoms with Crippen LogP contribution >= 0.6 is 23.2 Å². The van der Waals surface area contributed by atoms with Crippen LogP contribution < -0.4 is 19.9 Å². The normalized spacial score (nSPS) is 21.2. The average molecular weight is 1030 g/mol. The van der Waals surface area contributed by atoms with Crippen molar-refractivity contribution >= 4 is 68.8 Å². The van der Waals surface area contributed by atoms with Gasteiger partial charge in [0, 0.05) is 109 Å². The van der Waals surface area contributed by atoms with Crippen LogP contribution in [0.25, 0.3) is 12.2 Å². The molecule has 0 aromatic heterocycles. The first-order valence-corrected chi connectivity index (χ1v) is 25.0. The molecule has 4 fully saturated rings. The van der Waals surface area contributed by atoms with Gasteiger partial charge >= 0.3 is 10.2 Å². The lowest BCUT2D eigenvalue weighted by Gasteiger charge is -2.52. The second-order valence-corrected chi connectivity index (χ2v) is 21.1. The molecule has 0 aliphatic carbocycles. The molecule has 4 aliphatic rings. The van der Waals surface area contributed by atoms with E-state index in [2.05, 4.69) is 38.4 Å². The van der Waals surface area contributed by atoms with E-state index >= 15 is 0 Å². The van der Waals surface area contributed by atoms with Crippen molar-refractivity contribution < 1.29 is 36.3 Å². The third-order valence-corrected chi connectivity index (χ3v) is 14.9. The van der Waals surface area contributed by atoms with E-state index < -0.39 is 10.2 Å². The Labute approximate surface area is 419 Å². The van der Waals surface area contributed by atoms with Gasteiger partial charge in [-0.05, 0) is 85.9 Å². The number of likely N-dealkylation sites (N-methyl/N-ethyl adjacent to an activating group) is 2. The summed E-state index contributed by atoms with van der Waals surface area (Å²) in [5.74, 6) is 0.215. The number of rotatable bonds is 13. The summed E-state index contributed by atoms with van der Waals surface area (Å²) in [5.41, 5.74) is 10.0. The van der Waals surface area contributed by atoms with Gasteiger partial charge < -0.3 is 34.8 Å². The second kappa shape index (κ2) is 22.8. The van der Waals surface area contributed by atoms with Gasteiger partial charge in [-0.15, -0.1) is 0 Å². The highest BCUT2D eigenvalue weighted by Crippen LogP contribution is 2.34. The number of fused-ring (bicyclic) bond motifs is 4. The molecular formula is C50H61Cl2F2N9O6S. The number of anilines is 2. The first-order chi connectivity index (χ1) is 33.3. The Bertz CT molecular complexity index is 2650. The molecule has 4 aromatic carbocycles. The van der Waals surface area contributed by atoms with Crippen LogP contribution in [0.15, 0.2) is 84.9 Å². The summed E-state index contributed by atoms with van der Waals surface area (Å²) in [6, 6.07) is 19.7. The van der Waals surface area contributed by atoms with Gasteiger partial charge in [-0.25, -0.2) is 8.78 Å². The standard InChI is InChI=1S/C26H33ClFN5O4S.C24H28ClFN4O2/c1-30(2)38(35,36)29-24-12-23(27)25(37-4)11-19(24)7-10-26(34)33-21-14-31(3)15-22(33)17-32(16-21)13-18-5-8-20(28)9-6-18;1-28-12-19-14-29(11-16-3-6-18(26)7-4-16)15-20(13-28)30(19)24(31)8-5-17-9-23(32-2)21(25)10-22(17)27/h5-12,21-22,29H,13-17H2,1-4H3;3-10,19-20H,11-15,27H2,1-2H3/b10-7+;8-5+. The maximum atomic E-state index is 13.5. The number of hydrogen-bond donors (Lipinski definition) is 2. The van der Waals surface area contributed by atoms with Gasteiger partial charge in [0.2, 0.25) is 11.8 Å². The van der Waals surface area contributed by atoms with Crippen LogP contribution in [0.1, 0.15) is 22.3 Å². The number of amides is 2. The first kappa shape index (κ1) is 52.5. The van der Waals surface area contributed by atoms with Crippen LogP contribution in [0.3, 0.4) is 0 Å². The Morgan fingerprint density at radius 2 is 1.06 bits per heavy atom. The lowest BCUT2D eigenvalue weighted by molar-refractivity contribution is -0.141. The number of ether oxygens (including phenoxy) is 2. The van der Waals surface area contributed by atoms with Gasteiger partial charge in [0.05, 0.1) is 54.1 Å². The Morgan fingerprint density at radius 3 is 1.46 bits per heavy atom. The molecule has 8 rings (SSSR count). The van der Waals surface area contributed by atoms with Crippen molar-refractivity contribution in [2.45, 2.75) is 37.3 Å². The quantitative estimate of drug-likeness (QED) is 0.123. The van der Waals surface area contributed by atoms with E-state index in [-0.39, 0.29) is 58.3 Å². The van der Waals surface area contributed by atoms with Crippen LogP contribution in [0.4, 0.5) is 20.2 Å². The number of halogens is 4. The van der Waals surface area contributed by atoms with Crippen LogP contribution in [0.2, 0.25) is 10.0 Å². The molecule has 2 amide bonds. The zero-order valence-electron chi connectivity index (χ0n) is 40.2. The van der Waals surface area contributed by atoms with Gasteiger partial charge in [-0.2, -0.15) is 12.7 Å². The molecule has 0 spiro atoms. The van der Waals surface area contributed by atoms with Gasteiger partial charge in [-0.3, -0.25) is 24.1 Å². The molecule has 3 N–H and O–H groups in total. The summed E-state index contributed by atoms with van der Waals surface area (Å²) in [5, 5.41) is 0.672. The summed E-state index contributed by atoms with van der Waals surface area (Å²) in [4.78, 5) is 39.8. The molecule has 4 heterocycles. The van der Waals surface area contributed by atoms with Crippen LogP contribution in [-0.4, -0.2) is 173 Å². The molecule has 0 saturated carbocycles. The lowest BCUT2D eigenvalue weighted by atomic mass is 9.99. The number of nitrogen functional groups attached to an aromatic ring is 1. The SMILES string of the molecule is COc1cc(/C=C/C(=O)N2C3CN(C)CC2CN(Cc2ccc(F)cc2)C3)c(N)cc1Cl.COc1cc(/C=C/C(=O)N2C3CN(C)CC2CN(Cc2ccc(F)cc2)C3)c(NS(=O)(=O)N(C)C)cc1Cl. The van der Waals surface area contributed by atoms with Crippen LogP contribution in [0, 0.1) is 11.6 Å². The lowest BCUT2D eigenvalue weighted by Crippen LogP contribution is -2.68. The molecule has 70 heavy (non-hydrogen) atoms. The fourth-order valence-electron chi connectivity index (χ4n) is 9.70. The summed E-state index contributed by atoms with van der Waals surface area (Å²) in [6.45, 7) is 7.46. The number of nitrogens with one attached hydrogen (secondary N) is 1. The Morgan fingerprint density at radius 1 is 0.671 bits per heavy atom. The van der Waals surface area contributed by atoms with Crippen LogP contribution in [0.5, 0.6) is 11.5 Å². The number of carbonyl (C=O) groups excluding carboxylic acids is 2. The molecule has 4 bridgehead atoms. The summed E-state index contributed by atoms with van der Waals surface area (Å²) in [7, 11) is 6.18. The number of nitrogens with two attached hydrogens (primary N) is 1. The minimum absolute atomic E-state index is 0.0171. The predicted octanol–water partition coefficient (Wildman–Crippen LogP) is 5.86. The van der Waals surface area contributed by atoms with E-state index in [1.54, 1.807) is 55.7 Å². The maximum absolute atomic E-state index is 13.5. The van der Waals surface area contributed by atoms with Crippen LogP contribution in [-0.2, 0) is 32.9 Å². The molecule has 15 nitrogen and oxygen atoms in total. The highest BCUT2D eigenvalue weighted by molar-refractivity contribution is 7.90. The summed E-state index contributed by atoms with van der Waals surface area (Å²) < 4.78 is 65.6. The number of piperazine rings is 4. The van der Waals surface area contributed by atoms with E-state index in [0.717, 1.165) is 61.2 Å². The third-order valence-electron chi connectivity index (χ3n) is 12.9. The van der Waals surface area contributed by atoms with Crippen molar-refractivity contribution in [1.82, 2.24) is 33.7 Å². The topological polar surface area (TPSA) is 147 Å². The minimum atomic E-state index is -3.80. The molecule has 4 saturated heterocycles. The van der Waals surface area contributed by atoms with Gasteiger partial charge in [0.1, 0.15) is 23.1 Å². The largest absolute Gasteiger partial charge is 0.495 e. The smallest absolute Gasteiger partial charge is 0.301 e. The number of hydrogen-bond acceptors (Lipinski definition) is 11. The fourth-order valence-corrected chi connectivity index (χ4v) is 10.8. The van der Waals surface area contributed by atoms with E-state index in [4.69, 9.17) is 38.4 Å². The summed E-state index contributed by atoms with van der Waals surface area (Å²) in [6.07, 6.45) is 6.36. The fraction of sp³-hybridized carbons (Fsp3) is 0.400. The number of methoxy groups -OCH3 is 2. The number of nitrogens with zero attached hydrogens (tertiary/aromatic N) is 7. The van der Waals surface area contributed by atoms with Crippen molar-refractivity contribution in [2.24, 2.45) is 0 Å².